The fourth-order valence-electron chi connectivity index (χ4n) is 2.59. The Kier molecular flexibility index (Phi) is 4.42. The number of halogens is 1. The summed E-state index contributed by atoms with van der Waals surface area (Å²) in [6, 6.07) is 11.7. The number of hydrogen-bond acceptors (Lipinski definition) is 4. The number of esters is 1. The minimum Gasteiger partial charge on any atom is -0.462 e. The van der Waals surface area contributed by atoms with E-state index in [2.05, 4.69) is 10.3 Å². The minimum atomic E-state index is -0.373. The Labute approximate surface area is 139 Å². The Morgan fingerprint density at radius 3 is 2.88 bits per heavy atom. The summed E-state index contributed by atoms with van der Waals surface area (Å²) in [6.45, 7) is 3.91. The summed E-state index contributed by atoms with van der Waals surface area (Å²) < 4.78 is 18.8. The van der Waals surface area contributed by atoms with Crippen molar-refractivity contribution < 1.29 is 13.9 Å². The van der Waals surface area contributed by atoms with Gasteiger partial charge in [0.1, 0.15) is 5.82 Å². The van der Waals surface area contributed by atoms with Crippen molar-refractivity contribution in [2.75, 3.05) is 11.9 Å². The zero-order valence-electron chi connectivity index (χ0n) is 13.5. The van der Waals surface area contributed by atoms with Gasteiger partial charge in [-0.1, -0.05) is 6.07 Å². The molecule has 0 aliphatic rings. The number of pyridine rings is 1. The summed E-state index contributed by atoms with van der Waals surface area (Å²) in [4.78, 5) is 16.2. The van der Waals surface area contributed by atoms with Crippen molar-refractivity contribution >= 4 is 28.2 Å². The summed E-state index contributed by atoms with van der Waals surface area (Å²) >= 11 is 0. The number of anilines is 2. The molecule has 1 aromatic heterocycles. The number of ether oxygens (including phenoxy) is 1. The molecule has 0 radical (unpaired) electrons. The molecule has 0 fully saturated rings. The molecule has 0 amide bonds. The van der Waals surface area contributed by atoms with Gasteiger partial charge in [0.15, 0.2) is 0 Å². The summed E-state index contributed by atoms with van der Waals surface area (Å²) in [5.41, 5.74) is 3.41. The lowest BCUT2D eigenvalue weighted by molar-refractivity contribution is 0.0526. The molecule has 24 heavy (non-hydrogen) atoms. The summed E-state index contributed by atoms with van der Waals surface area (Å²) in [7, 11) is 0. The number of nitrogens with zero attached hydrogens (tertiary/aromatic N) is 1. The molecule has 0 saturated heterocycles. The van der Waals surface area contributed by atoms with E-state index in [4.69, 9.17) is 4.74 Å². The average molecular weight is 324 g/mol. The second-order valence-corrected chi connectivity index (χ2v) is 5.40. The normalized spacial score (nSPS) is 10.6. The molecule has 0 unspecified atom stereocenters. The fourth-order valence-corrected chi connectivity index (χ4v) is 2.59. The lowest BCUT2D eigenvalue weighted by Crippen LogP contribution is -2.05. The lowest BCUT2D eigenvalue weighted by atomic mass is 10.1. The zero-order valence-corrected chi connectivity index (χ0v) is 13.5. The van der Waals surface area contributed by atoms with Crippen LogP contribution in [0.3, 0.4) is 0 Å². The van der Waals surface area contributed by atoms with E-state index in [1.807, 2.05) is 13.0 Å². The topological polar surface area (TPSA) is 51.2 Å². The van der Waals surface area contributed by atoms with E-state index in [-0.39, 0.29) is 11.8 Å². The van der Waals surface area contributed by atoms with E-state index in [0.29, 0.717) is 17.6 Å². The first-order valence-electron chi connectivity index (χ1n) is 7.67. The van der Waals surface area contributed by atoms with E-state index in [1.165, 1.54) is 12.1 Å². The number of hydrogen-bond donors (Lipinski definition) is 1. The Morgan fingerprint density at radius 1 is 1.25 bits per heavy atom. The number of carbonyl (C=O) groups is 1. The van der Waals surface area contributed by atoms with Gasteiger partial charge in [0.25, 0.3) is 0 Å². The highest BCUT2D eigenvalue weighted by atomic mass is 19.1. The second kappa shape index (κ2) is 6.66. The molecular weight excluding hydrogens is 307 g/mol. The number of rotatable bonds is 4. The first kappa shape index (κ1) is 15.9. The number of aryl methyl sites for hydroxylation is 1. The zero-order chi connectivity index (χ0) is 17.1. The molecule has 0 atom stereocenters. The lowest BCUT2D eigenvalue weighted by Gasteiger charge is -2.12. The number of fused-ring (bicyclic) bond motifs is 1. The number of benzene rings is 2. The van der Waals surface area contributed by atoms with Crippen LogP contribution in [0.1, 0.15) is 22.8 Å². The highest BCUT2D eigenvalue weighted by Gasteiger charge is 2.09. The standard InChI is InChI=1S/C19H17FN2O2/c1-3-24-19(23)13-5-4-6-15(10-13)22-17-7-8-21-18-12(2)9-14(20)11-16(17)18/h4-11H,3H2,1-2H3,(H,21,22). The predicted molar refractivity (Wildman–Crippen MR) is 92.1 cm³/mol. The third kappa shape index (κ3) is 3.20. The smallest absolute Gasteiger partial charge is 0.338 e. The third-order valence-corrected chi connectivity index (χ3v) is 3.65. The summed E-state index contributed by atoms with van der Waals surface area (Å²) in [5, 5.41) is 3.92. The molecule has 4 nitrogen and oxygen atoms in total. The van der Waals surface area contributed by atoms with Crippen molar-refractivity contribution in [1.82, 2.24) is 4.98 Å². The van der Waals surface area contributed by atoms with E-state index in [0.717, 1.165) is 22.5 Å². The first-order chi connectivity index (χ1) is 11.6. The molecule has 3 rings (SSSR count). The summed E-state index contributed by atoms with van der Waals surface area (Å²) in [6.07, 6.45) is 1.67. The highest BCUT2D eigenvalue weighted by molar-refractivity contribution is 5.95. The van der Waals surface area contributed by atoms with Crippen LogP contribution in [0.4, 0.5) is 15.8 Å². The van der Waals surface area contributed by atoms with Crippen LogP contribution in [0.5, 0.6) is 0 Å². The maximum absolute atomic E-state index is 13.8. The first-order valence-corrected chi connectivity index (χ1v) is 7.67. The Morgan fingerprint density at radius 2 is 2.08 bits per heavy atom. The molecule has 0 aliphatic carbocycles. The molecule has 1 heterocycles. The Balaban J connectivity index is 1.99. The third-order valence-electron chi connectivity index (χ3n) is 3.65. The van der Waals surface area contributed by atoms with Crippen molar-refractivity contribution in [3.05, 3.63) is 65.6 Å². The van der Waals surface area contributed by atoms with Gasteiger partial charge in [-0.05, 0) is 55.8 Å². The molecule has 0 saturated carbocycles. The van der Waals surface area contributed by atoms with E-state index in [9.17, 15) is 9.18 Å². The van der Waals surface area contributed by atoms with Gasteiger partial charge in [-0.15, -0.1) is 0 Å². The summed E-state index contributed by atoms with van der Waals surface area (Å²) in [5.74, 6) is -0.682. The van der Waals surface area contributed by atoms with Gasteiger partial charge in [0.2, 0.25) is 0 Å². The van der Waals surface area contributed by atoms with Crippen LogP contribution in [0, 0.1) is 12.7 Å². The van der Waals surface area contributed by atoms with Gasteiger partial charge in [0, 0.05) is 23.0 Å². The van der Waals surface area contributed by atoms with Crippen LogP contribution in [-0.2, 0) is 4.74 Å². The van der Waals surface area contributed by atoms with Crippen molar-refractivity contribution in [2.45, 2.75) is 13.8 Å². The van der Waals surface area contributed by atoms with E-state index < -0.39 is 0 Å². The van der Waals surface area contributed by atoms with Crippen LogP contribution in [-0.4, -0.2) is 17.6 Å². The Hall–Kier alpha value is -2.95. The monoisotopic (exact) mass is 324 g/mol. The quantitative estimate of drug-likeness (QED) is 0.712. The average Bonchev–Trinajstić information content (AvgIpc) is 2.56. The molecule has 0 bridgehead atoms. The second-order valence-electron chi connectivity index (χ2n) is 5.40. The maximum Gasteiger partial charge on any atom is 0.338 e. The van der Waals surface area contributed by atoms with Crippen molar-refractivity contribution in [2.24, 2.45) is 0 Å². The molecule has 2 aromatic carbocycles. The molecule has 122 valence electrons. The van der Waals surface area contributed by atoms with Gasteiger partial charge in [-0.3, -0.25) is 4.98 Å². The van der Waals surface area contributed by atoms with Crippen LogP contribution in [0.2, 0.25) is 0 Å². The van der Waals surface area contributed by atoms with Crippen molar-refractivity contribution in [1.29, 1.82) is 0 Å². The van der Waals surface area contributed by atoms with E-state index >= 15 is 0 Å². The molecule has 1 N–H and O–H groups in total. The van der Waals surface area contributed by atoms with Crippen LogP contribution >= 0.6 is 0 Å². The van der Waals surface area contributed by atoms with E-state index in [1.54, 1.807) is 37.4 Å². The SMILES string of the molecule is CCOC(=O)c1cccc(Nc2ccnc3c(C)cc(F)cc23)c1. The molecule has 0 aliphatic heterocycles. The maximum atomic E-state index is 13.8. The highest BCUT2D eigenvalue weighted by Crippen LogP contribution is 2.28. The Bertz CT molecular complexity index is 909. The van der Waals surface area contributed by atoms with Crippen LogP contribution in [0.25, 0.3) is 10.9 Å². The predicted octanol–water partition coefficient (Wildman–Crippen LogP) is 4.60. The van der Waals surface area contributed by atoms with Crippen molar-refractivity contribution in [3.63, 3.8) is 0 Å². The van der Waals surface area contributed by atoms with Gasteiger partial charge < -0.3 is 10.1 Å². The van der Waals surface area contributed by atoms with Gasteiger partial charge in [0.05, 0.1) is 17.7 Å². The number of carbonyl (C=O) groups excluding carboxylic acids is 1. The molecular formula is C19H17FN2O2. The van der Waals surface area contributed by atoms with Gasteiger partial charge >= 0.3 is 5.97 Å². The number of nitrogens with one attached hydrogen (secondary N) is 1. The van der Waals surface area contributed by atoms with Crippen LogP contribution < -0.4 is 5.32 Å². The fraction of sp³-hybridized carbons (Fsp3) is 0.158. The number of aromatic nitrogens is 1. The van der Waals surface area contributed by atoms with Gasteiger partial charge in [-0.2, -0.15) is 0 Å². The molecule has 3 aromatic rings. The largest absolute Gasteiger partial charge is 0.462 e. The molecule has 5 heteroatoms. The molecule has 0 spiro atoms. The van der Waals surface area contributed by atoms with Crippen LogP contribution in [0.15, 0.2) is 48.7 Å². The van der Waals surface area contributed by atoms with Crippen molar-refractivity contribution in [3.8, 4) is 0 Å². The minimum absolute atomic E-state index is 0.309. The van der Waals surface area contributed by atoms with Gasteiger partial charge in [-0.25, -0.2) is 9.18 Å².